The van der Waals surface area contributed by atoms with Gasteiger partial charge in [0, 0.05) is 16.2 Å². The molecule has 1 nitrogen and oxygen atoms in total. The number of hydrogen-bond donors (Lipinski definition) is 0. The number of thiophene rings is 1. The highest BCUT2D eigenvalue weighted by molar-refractivity contribution is 7.10. The average Bonchev–Trinajstić information content (AvgIpc) is 3.10. The smallest absolute Gasteiger partial charge is 0.0789 e. The molecule has 0 spiro atoms. The van der Waals surface area contributed by atoms with Gasteiger partial charge in [0.25, 0.3) is 0 Å². The van der Waals surface area contributed by atoms with E-state index in [0.29, 0.717) is 0 Å². The van der Waals surface area contributed by atoms with Crippen LogP contribution in [0.4, 0.5) is 0 Å². The van der Waals surface area contributed by atoms with Gasteiger partial charge in [-0.15, -0.1) is 17.3 Å². The van der Waals surface area contributed by atoms with Crippen molar-refractivity contribution in [3.8, 4) is 17.5 Å². The van der Waals surface area contributed by atoms with Gasteiger partial charge in [0.1, 0.15) is 0 Å². The van der Waals surface area contributed by atoms with E-state index < -0.39 is 0 Å². The third kappa shape index (κ3) is 1.86. The lowest BCUT2D eigenvalue weighted by Crippen LogP contribution is -1.90. The molecule has 0 saturated carbocycles. The van der Waals surface area contributed by atoms with Gasteiger partial charge in [0.2, 0.25) is 0 Å². The summed E-state index contributed by atoms with van der Waals surface area (Å²) in [6.45, 7) is 1.87. The van der Waals surface area contributed by atoms with E-state index >= 15 is 0 Å². The second-order valence-corrected chi connectivity index (χ2v) is 5.83. The van der Waals surface area contributed by atoms with Crippen molar-refractivity contribution in [1.82, 2.24) is 4.57 Å². The molecule has 0 bridgehead atoms. The first-order chi connectivity index (χ1) is 10.4. The Bertz CT molecular complexity index is 955. The highest BCUT2D eigenvalue weighted by Gasteiger charge is 2.11. The fourth-order valence-electron chi connectivity index (χ4n) is 2.83. The molecule has 4 aromatic rings. The Morgan fingerprint density at radius 2 is 1.52 bits per heavy atom. The number of hydrogen-bond acceptors (Lipinski definition) is 1. The van der Waals surface area contributed by atoms with E-state index in [2.05, 4.69) is 76.4 Å². The summed E-state index contributed by atoms with van der Waals surface area (Å²) in [5.74, 6) is 6.11. The third-order valence-electron chi connectivity index (χ3n) is 3.67. The summed E-state index contributed by atoms with van der Waals surface area (Å²) in [6, 6.07) is 19.3. The molecular formula is C19H13NS. The van der Waals surface area contributed by atoms with E-state index in [0.717, 1.165) is 4.88 Å². The van der Waals surface area contributed by atoms with Crippen molar-refractivity contribution in [3.63, 3.8) is 0 Å². The number of benzene rings is 2. The predicted molar refractivity (Wildman–Crippen MR) is 91.2 cm³/mol. The van der Waals surface area contributed by atoms with E-state index in [1.165, 1.54) is 27.5 Å². The van der Waals surface area contributed by atoms with Crippen molar-refractivity contribution >= 4 is 33.1 Å². The van der Waals surface area contributed by atoms with Gasteiger partial charge < -0.3 is 4.57 Å². The monoisotopic (exact) mass is 287 g/mol. The van der Waals surface area contributed by atoms with Crippen molar-refractivity contribution in [2.75, 3.05) is 0 Å². The second-order valence-electron chi connectivity index (χ2n) is 4.91. The van der Waals surface area contributed by atoms with Gasteiger partial charge in [-0.3, -0.25) is 0 Å². The Morgan fingerprint density at radius 3 is 2.14 bits per heavy atom. The average molecular weight is 287 g/mol. The molecule has 0 unspecified atom stereocenters. The summed E-state index contributed by atoms with van der Waals surface area (Å²) < 4.78 is 2.32. The van der Waals surface area contributed by atoms with Crippen LogP contribution < -0.4 is 0 Å². The van der Waals surface area contributed by atoms with Crippen LogP contribution in [-0.4, -0.2) is 4.57 Å². The van der Waals surface area contributed by atoms with Crippen LogP contribution in [-0.2, 0) is 0 Å². The van der Waals surface area contributed by atoms with Crippen LogP contribution >= 0.6 is 11.3 Å². The van der Waals surface area contributed by atoms with Gasteiger partial charge in [-0.1, -0.05) is 42.3 Å². The Balaban J connectivity index is 2.11. The minimum atomic E-state index is 1.11. The van der Waals surface area contributed by atoms with Crippen molar-refractivity contribution in [2.24, 2.45) is 0 Å². The SMILES string of the molecule is CC#Cc1cc(-n2c3ccccc3c3ccccc32)cs1. The number of para-hydroxylation sites is 2. The first-order valence-electron chi connectivity index (χ1n) is 6.88. The minimum absolute atomic E-state index is 1.11. The molecule has 0 atom stereocenters. The zero-order valence-electron chi connectivity index (χ0n) is 11.6. The molecule has 2 aromatic carbocycles. The Hall–Kier alpha value is -2.50. The zero-order valence-corrected chi connectivity index (χ0v) is 12.4. The molecule has 0 N–H and O–H groups in total. The fourth-order valence-corrected chi connectivity index (χ4v) is 3.60. The largest absolute Gasteiger partial charge is 0.308 e. The Kier molecular flexibility index (Phi) is 2.80. The lowest BCUT2D eigenvalue weighted by Gasteiger charge is -2.03. The van der Waals surface area contributed by atoms with Crippen LogP contribution in [0.15, 0.2) is 60.0 Å². The lowest BCUT2D eigenvalue weighted by atomic mass is 10.2. The highest BCUT2D eigenvalue weighted by Crippen LogP contribution is 2.32. The van der Waals surface area contributed by atoms with Crippen LogP contribution in [0.2, 0.25) is 0 Å². The van der Waals surface area contributed by atoms with Crippen molar-refractivity contribution < 1.29 is 0 Å². The number of fused-ring (bicyclic) bond motifs is 3. The van der Waals surface area contributed by atoms with Crippen molar-refractivity contribution in [2.45, 2.75) is 6.92 Å². The maximum Gasteiger partial charge on any atom is 0.0789 e. The molecule has 0 fully saturated rings. The first-order valence-corrected chi connectivity index (χ1v) is 7.76. The van der Waals surface area contributed by atoms with Gasteiger partial charge in [0.15, 0.2) is 0 Å². The fraction of sp³-hybridized carbons (Fsp3) is 0.0526. The molecule has 100 valence electrons. The molecule has 0 radical (unpaired) electrons. The van der Waals surface area contributed by atoms with E-state index in [-0.39, 0.29) is 0 Å². The van der Waals surface area contributed by atoms with Crippen LogP contribution in [0.25, 0.3) is 27.5 Å². The lowest BCUT2D eigenvalue weighted by molar-refractivity contribution is 1.19. The summed E-state index contributed by atoms with van der Waals surface area (Å²) >= 11 is 1.70. The first kappa shape index (κ1) is 12.3. The van der Waals surface area contributed by atoms with E-state index in [1.807, 2.05) is 6.92 Å². The molecular weight excluding hydrogens is 274 g/mol. The summed E-state index contributed by atoms with van der Waals surface area (Å²) in [7, 11) is 0. The van der Waals surface area contributed by atoms with Crippen LogP contribution in [0.1, 0.15) is 11.8 Å². The van der Waals surface area contributed by atoms with Gasteiger partial charge in [-0.05, 0) is 25.1 Å². The summed E-state index contributed by atoms with van der Waals surface area (Å²) in [6.07, 6.45) is 0. The van der Waals surface area contributed by atoms with Gasteiger partial charge >= 0.3 is 0 Å². The molecule has 21 heavy (non-hydrogen) atoms. The highest BCUT2D eigenvalue weighted by atomic mass is 32.1. The molecule has 2 heteroatoms. The number of rotatable bonds is 1. The van der Waals surface area contributed by atoms with E-state index in [1.54, 1.807) is 11.3 Å². The van der Waals surface area contributed by atoms with Gasteiger partial charge in [-0.25, -0.2) is 0 Å². The van der Waals surface area contributed by atoms with Crippen molar-refractivity contribution in [1.29, 1.82) is 0 Å². The summed E-state index contributed by atoms with van der Waals surface area (Å²) in [5, 5.41) is 4.77. The third-order valence-corrected chi connectivity index (χ3v) is 4.51. The molecule has 0 aliphatic carbocycles. The minimum Gasteiger partial charge on any atom is -0.308 e. The summed E-state index contributed by atoms with van der Waals surface area (Å²) in [4.78, 5) is 1.11. The van der Waals surface area contributed by atoms with E-state index in [4.69, 9.17) is 0 Å². The molecule has 0 amide bonds. The van der Waals surface area contributed by atoms with Crippen LogP contribution in [0.3, 0.4) is 0 Å². The van der Waals surface area contributed by atoms with E-state index in [9.17, 15) is 0 Å². The molecule has 0 aliphatic rings. The Morgan fingerprint density at radius 1 is 0.905 bits per heavy atom. The quantitative estimate of drug-likeness (QED) is 0.423. The number of aromatic nitrogens is 1. The normalized spacial score (nSPS) is 10.7. The van der Waals surface area contributed by atoms with Crippen LogP contribution in [0.5, 0.6) is 0 Å². The maximum atomic E-state index is 3.14. The maximum absolute atomic E-state index is 3.14. The molecule has 2 aromatic heterocycles. The molecule has 4 rings (SSSR count). The standard InChI is InChI=1S/C19H13NS/c1-2-7-15-12-14(13-21-15)20-18-10-5-3-8-16(18)17-9-4-6-11-19(17)20/h3-6,8-13H,1H3. The van der Waals surface area contributed by atoms with Gasteiger partial charge in [0.05, 0.1) is 21.6 Å². The predicted octanol–water partition coefficient (Wildman–Crippen LogP) is 5.22. The van der Waals surface area contributed by atoms with Crippen LogP contribution in [0, 0.1) is 11.8 Å². The molecule has 2 heterocycles. The summed E-state index contributed by atoms with van der Waals surface area (Å²) in [5.41, 5.74) is 3.68. The molecule has 0 saturated heterocycles. The zero-order chi connectivity index (χ0) is 14.2. The van der Waals surface area contributed by atoms with Crippen molar-refractivity contribution in [3.05, 3.63) is 64.9 Å². The van der Waals surface area contributed by atoms with Gasteiger partial charge in [-0.2, -0.15) is 0 Å². The molecule has 0 aliphatic heterocycles. The second kappa shape index (κ2) is 4.80. The number of nitrogens with zero attached hydrogens (tertiary/aromatic N) is 1. The topological polar surface area (TPSA) is 4.93 Å². The Labute approximate surface area is 127 Å².